The van der Waals surface area contributed by atoms with Crippen LogP contribution in [-0.2, 0) is 0 Å². The van der Waals surface area contributed by atoms with Gasteiger partial charge in [0.1, 0.15) is 11.6 Å². The molecule has 2 aromatic carbocycles. The van der Waals surface area contributed by atoms with Crippen LogP contribution in [0.15, 0.2) is 47.4 Å². The van der Waals surface area contributed by atoms with Gasteiger partial charge in [-0.15, -0.1) is 11.8 Å². The fraction of sp³-hybridized carbons (Fsp3) is 0.250. The van der Waals surface area contributed by atoms with Gasteiger partial charge in [0.2, 0.25) is 0 Å². The summed E-state index contributed by atoms with van der Waals surface area (Å²) < 4.78 is 27.1. The number of aryl methyl sites for hydroxylation is 1. The lowest BCUT2D eigenvalue weighted by Crippen LogP contribution is -2.23. The van der Waals surface area contributed by atoms with E-state index in [1.54, 1.807) is 0 Å². The average molecular weight is 293 g/mol. The van der Waals surface area contributed by atoms with Crippen LogP contribution in [0, 0.1) is 18.6 Å². The molecular weight excluding hydrogens is 276 g/mol. The molecule has 4 heteroatoms. The fourth-order valence-electron chi connectivity index (χ4n) is 2.06. The maximum Gasteiger partial charge on any atom is 0.136 e. The van der Waals surface area contributed by atoms with Crippen molar-refractivity contribution in [3.8, 4) is 0 Å². The summed E-state index contributed by atoms with van der Waals surface area (Å²) in [6.45, 7) is 3.87. The molecule has 20 heavy (non-hydrogen) atoms. The Hall–Kier alpha value is -1.39. The number of nitrogens with two attached hydrogens (primary N) is 1. The Morgan fingerprint density at radius 2 is 1.80 bits per heavy atom. The lowest BCUT2D eigenvalue weighted by molar-refractivity contribution is 0.576. The third-order valence-corrected chi connectivity index (χ3v) is 4.62. The van der Waals surface area contributed by atoms with E-state index in [0.29, 0.717) is 0 Å². The largest absolute Gasteiger partial charge is 0.327 e. The maximum absolute atomic E-state index is 13.8. The molecule has 2 unspecified atom stereocenters. The van der Waals surface area contributed by atoms with Gasteiger partial charge in [0.15, 0.2) is 0 Å². The van der Waals surface area contributed by atoms with Gasteiger partial charge in [-0.1, -0.05) is 24.3 Å². The first-order chi connectivity index (χ1) is 9.49. The highest BCUT2D eigenvalue weighted by Gasteiger charge is 2.21. The van der Waals surface area contributed by atoms with Crippen molar-refractivity contribution in [2.24, 2.45) is 5.73 Å². The Morgan fingerprint density at radius 1 is 1.10 bits per heavy atom. The van der Waals surface area contributed by atoms with E-state index in [0.717, 1.165) is 23.3 Å². The van der Waals surface area contributed by atoms with Gasteiger partial charge in [0.05, 0.1) is 0 Å². The van der Waals surface area contributed by atoms with Gasteiger partial charge in [-0.3, -0.25) is 0 Å². The predicted octanol–water partition coefficient (Wildman–Crippen LogP) is 4.45. The van der Waals surface area contributed by atoms with Crippen molar-refractivity contribution in [1.29, 1.82) is 0 Å². The molecule has 0 spiro atoms. The molecule has 0 bridgehead atoms. The van der Waals surface area contributed by atoms with Crippen LogP contribution >= 0.6 is 11.8 Å². The molecule has 0 aliphatic rings. The molecular formula is C16H17F2NS. The van der Waals surface area contributed by atoms with E-state index in [2.05, 4.69) is 0 Å². The highest BCUT2D eigenvalue weighted by Crippen LogP contribution is 2.39. The van der Waals surface area contributed by atoms with E-state index < -0.39 is 11.6 Å². The third kappa shape index (κ3) is 3.38. The molecule has 0 aromatic heterocycles. The van der Waals surface area contributed by atoms with Crippen molar-refractivity contribution in [2.45, 2.75) is 30.0 Å². The van der Waals surface area contributed by atoms with Crippen molar-refractivity contribution in [1.82, 2.24) is 0 Å². The minimum Gasteiger partial charge on any atom is -0.327 e. The van der Waals surface area contributed by atoms with Gasteiger partial charge in [0.25, 0.3) is 0 Å². The first kappa shape index (κ1) is 15.0. The van der Waals surface area contributed by atoms with Crippen LogP contribution in [0.2, 0.25) is 0 Å². The Labute approximate surface area is 122 Å². The minimum absolute atomic E-state index is 0.118. The average Bonchev–Trinajstić information content (AvgIpc) is 2.40. The van der Waals surface area contributed by atoms with Gasteiger partial charge < -0.3 is 5.73 Å². The monoisotopic (exact) mass is 293 g/mol. The Morgan fingerprint density at radius 3 is 2.45 bits per heavy atom. The number of rotatable bonds is 4. The maximum atomic E-state index is 13.8. The van der Waals surface area contributed by atoms with Crippen LogP contribution in [0.25, 0.3) is 0 Å². The van der Waals surface area contributed by atoms with Crippen molar-refractivity contribution in [3.05, 3.63) is 65.2 Å². The van der Waals surface area contributed by atoms with Crippen LogP contribution in [0.5, 0.6) is 0 Å². The summed E-state index contributed by atoms with van der Waals surface area (Å²) in [6, 6.07) is 11.2. The highest BCUT2D eigenvalue weighted by molar-refractivity contribution is 7.99. The first-order valence-electron chi connectivity index (χ1n) is 6.42. The molecule has 2 atom stereocenters. The summed E-state index contributed by atoms with van der Waals surface area (Å²) in [5.74, 6) is -0.863. The van der Waals surface area contributed by atoms with E-state index in [1.807, 2.05) is 38.1 Å². The van der Waals surface area contributed by atoms with Crippen molar-refractivity contribution >= 4 is 11.8 Å². The molecule has 0 radical (unpaired) electrons. The Kier molecular flexibility index (Phi) is 4.78. The molecule has 2 N–H and O–H groups in total. The molecule has 0 heterocycles. The second kappa shape index (κ2) is 6.37. The van der Waals surface area contributed by atoms with Gasteiger partial charge in [0, 0.05) is 16.2 Å². The van der Waals surface area contributed by atoms with Crippen molar-refractivity contribution in [3.63, 3.8) is 0 Å². The van der Waals surface area contributed by atoms with Crippen LogP contribution in [-0.4, -0.2) is 6.04 Å². The summed E-state index contributed by atoms with van der Waals surface area (Å²) in [6.07, 6.45) is 0. The zero-order valence-corrected chi connectivity index (χ0v) is 12.3. The second-order valence-electron chi connectivity index (χ2n) is 4.83. The van der Waals surface area contributed by atoms with E-state index in [-0.39, 0.29) is 16.2 Å². The molecule has 0 fully saturated rings. The summed E-state index contributed by atoms with van der Waals surface area (Å²) in [5.41, 5.74) is 8.18. The van der Waals surface area contributed by atoms with E-state index >= 15 is 0 Å². The van der Waals surface area contributed by atoms with E-state index in [9.17, 15) is 8.78 Å². The standard InChI is InChI=1S/C16H17F2NS/c1-10-5-3-4-6-13(10)16(11(2)19)20-15-9-12(17)7-8-14(15)18/h3-9,11,16H,19H2,1-2H3. The van der Waals surface area contributed by atoms with Crippen LogP contribution in [0.4, 0.5) is 8.78 Å². The number of thioether (sulfide) groups is 1. The number of benzene rings is 2. The summed E-state index contributed by atoms with van der Waals surface area (Å²) in [7, 11) is 0. The number of halogens is 2. The Bertz CT molecular complexity index is 599. The van der Waals surface area contributed by atoms with Gasteiger partial charge in [-0.2, -0.15) is 0 Å². The zero-order valence-electron chi connectivity index (χ0n) is 11.4. The third-order valence-electron chi connectivity index (χ3n) is 3.12. The molecule has 0 saturated heterocycles. The lowest BCUT2D eigenvalue weighted by atomic mass is 10.0. The molecule has 0 aliphatic carbocycles. The fourth-order valence-corrected chi connectivity index (χ4v) is 3.31. The van der Waals surface area contributed by atoms with Crippen LogP contribution < -0.4 is 5.73 Å². The number of hydrogen-bond acceptors (Lipinski definition) is 2. The van der Waals surface area contributed by atoms with E-state index in [4.69, 9.17) is 5.73 Å². The quantitative estimate of drug-likeness (QED) is 0.843. The van der Waals surface area contributed by atoms with Crippen LogP contribution in [0.3, 0.4) is 0 Å². The second-order valence-corrected chi connectivity index (χ2v) is 6.01. The van der Waals surface area contributed by atoms with Gasteiger partial charge >= 0.3 is 0 Å². The summed E-state index contributed by atoms with van der Waals surface area (Å²) >= 11 is 1.26. The smallest absolute Gasteiger partial charge is 0.136 e. The molecule has 0 saturated carbocycles. The normalized spacial score (nSPS) is 14.1. The van der Waals surface area contributed by atoms with Crippen LogP contribution in [0.1, 0.15) is 23.3 Å². The molecule has 2 rings (SSSR count). The first-order valence-corrected chi connectivity index (χ1v) is 7.30. The van der Waals surface area contributed by atoms with Gasteiger partial charge in [-0.05, 0) is 43.2 Å². The predicted molar refractivity (Wildman–Crippen MR) is 79.8 cm³/mol. The Balaban J connectivity index is 2.36. The lowest BCUT2D eigenvalue weighted by Gasteiger charge is -2.22. The molecule has 0 aliphatic heterocycles. The minimum atomic E-state index is -0.442. The number of hydrogen-bond donors (Lipinski definition) is 1. The summed E-state index contributed by atoms with van der Waals surface area (Å²) in [5, 5.41) is -0.118. The molecule has 2 aromatic rings. The molecule has 1 nitrogen and oxygen atoms in total. The van der Waals surface area contributed by atoms with Crippen molar-refractivity contribution < 1.29 is 8.78 Å². The SMILES string of the molecule is Cc1ccccc1C(Sc1cc(F)ccc1F)C(C)N. The zero-order chi connectivity index (χ0) is 14.7. The molecule has 106 valence electrons. The molecule has 0 amide bonds. The van der Waals surface area contributed by atoms with Crippen molar-refractivity contribution in [2.75, 3.05) is 0 Å². The topological polar surface area (TPSA) is 26.0 Å². The summed E-state index contributed by atoms with van der Waals surface area (Å²) in [4.78, 5) is 0.288. The highest BCUT2D eigenvalue weighted by atomic mass is 32.2. The van der Waals surface area contributed by atoms with E-state index in [1.165, 1.54) is 17.8 Å². The van der Waals surface area contributed by atoms with Gasteiger partial charge in [-0.25, -0.2) is 8.78 Å².